The average molecular weight is 237 g/mol. The third-order valence-corrected chi connectivity index (χ3v) is 3.14. The summed E-state index contributed by atoms with van der Waals surface area (Å²) in [4.78, 5) is 24.7. The van der Waals surface area contributed by atoms with Crippen molar-refractivity contribution < 1.29 is 19.1 Å². The lowest BCUT2D eigenvalue weighted by atomic mass is 10.0. The number of nitrogens with zero attached hydrogens (tertiary/aromatic N) is 1. The molecule has 5 nitrogen and oxygen atoms in total. The molecule has 0 aliphatic carbocycles. The predicted octanol–water partition coefficient (Wildman–Crippen LogP) is 1.67. The van der Waals surface area contributed by atoms with Gasteiger partial charge in [0.1, 0.15) is 11.8 Å². The van der Waals surface area contributed by atoms with Gasteiger partial charge >= 0.3 is 5.97 Å². The molecule has 1 fully saturated rings. The topological polar surface area (TPSA) is 70.8 Å². The lowest BCUT2D eigenvalue weighted by Crippen LogP contribution is -2.48. The van der Waals surface area contributed by atoms with Crippen LogP contribution in [0, 0.1) is 6.92 Å². The van der Waals surface area contributed by atoms with Crippen molar-refractivity contribution in [2.24, 2.45) is 0 Å². The minimum Gasteiger partial charge on any atom is -0.480 e. The number of rotatable bonds is 2. The Kier molecular flexibility index (Phi) is 3.17. The van der Waals surface area contributed by atoms with Gasteiger partial charge in [-0.2, -0.15) is 0 Å². The van der Waals surface area contributed by atoms with Crippen LogP contribution in [0.5, 0.6) is 0 Å². The second-order valence-corrected chi connectivity index (χ2v) is 4.24. The number of amides is 1. The Bertz CT molecular complexity index is 437. The molecule has 0 bridgehead atoms. The molecule has 2 heterocycles. The minimum absolute atomic E-state index is 0.247. The zero-order chi connectivity index (χ0) is 12.4. The van der Waals surface area contributed by atoms with E-state index in [4.69, 9.17) is 9.52 Å². The molecule has 2 rings (SSSR count). The first-order valence-electron chi connectivity index (χ1n) is 5.69. The second-order valence-electron chi connectivity index (χ2n) is 4.24. The van der Waals surface area contributed by atoms with Crippen LogP contribution in [0.2, 0.25) is 0 Å². The number of carbonyl (C=O) groups excluding carboxylic acids is 1. The fourth-order valence-corrected chi connectivity index (χ4v) is 2.19. The van der Waals surface area contributed by atoms with Gasteiger partial charge in [-0.3, -0.25) is 4.79 Å². The number of carboxylic acid groups (broad SMARTS) is 1. The molecular formula is C12H15NO4. The van der Waals surface area contributed by atoms with Gasteiger partial charge in [0.2, 0.25) is 0 Å². The molecular weight excluding hydrogens is 222 g/mol. The number of carbonyl (C=O) groups is 2. The fourth-order valence-electron chi connectivity index (χ4n) is 2.19. The summed E-state index contributed by atoms with van der Waals surface area (Å²) in [7, 11) is 0. The lowest BCUT2D eigenvalue weighted by molar-refractivity contribution is -0.143. The zero-order valence-electron chi connectivity index (χ0n) is 9.68. The Labute approximate surface area is 99.0 Å². The molecule has 5 heteroatoms. The molecule has 0 radical (unpaired) electrons. The molecule has 1 saturated heterocycles. The monoisotopic (exact) mass is 237 g/mol. The van der Waals surface area contributed by atoms with Crippen LogP contribution in [-0.2, 0) is 4.79 Å². The van der Waals surface area contributed by atoms with Crippen LogP contribution >= 0.6 is 0 Å². The van der Waals surface area contributed by atoms with Gasteiger partial charge in [0.15, 0.2) is 0 Å². The van der Waals surface area contributed by atoms with E-state index >= 15 is 0 Å². The fraction of sp³-hybridized carbons (Fsp3) is 0.500. The van der Waals surface area contributed by atoms with E-state index in [1.54, 1.807) is 13.0 Å². The first-order chi connectivity index (χ1) is 8.11. The van der Waals surface area contributed by atoms with E-state index in [2.05, 4.69) is 0 Å². The van der Waals surface area contributed by atoms with Gasteiger partial charge < -0.3 is 14.4 Å². The largest absolute Gasteiger partial charge is 0.480 e. The molecule has 1 atom stereocenters. The van der Waals surface area contributed by atoms with E-state index in [1.165, 1.54) is 11.2 Å². The van der Waals surface area contributed by atoms with Crippen LogP contribution in [-0.4, -0.2) is 34.5 Å². The quantitative estimate of drug-likeness (QED) is 0.849. The Balaban J connectivity index is 2.23. The molecule has 92 valence electrons. The first kappa shape index (κ1) is 11.7. The highest BCUT2D eigenvalue weighted by molar-refractivity contribution is 5.97. The van der Waals surface area contributed by atoms with Crippen LogP contribution < -0.4 is 0 Å². The van der Waals surface area contributed by atoms with Crippen molar-refractivity contribution in [3.8, 4) is 0 Å². The molecule has 1 N–H and O–H groups in total. The third-order valence-electron chi connectivity index (χ3n) is 3.14. The maximum Gasteiger partial charge on any atom is 0.326 e. The highest BCUT2D eigenvalue weighted by Gasteiger charge is 2.33. The van der Waals surface area contributed by atoms with Crippen LogP contribution in [0.1, 0.15) is 35.4 Å². The van der Waals surface area contributed by atoms with E-state index in [1.807, 2.05) is 0 Å². The van der Waals surface area contributed by atoms with E-state index in [0.29, 0.717) is 24.3 Å². The van der Waals surface area contributed by atoms with Gasteiger partial charge in [-0.1, -0.05) is 0 Å². The Morgan fingerprint density at radius 2 is 2.24 bits per heavy atom. The van der Waals surface area contributed by atoms with Crippen molar-refractivity contribution in [3.63, 3.8) is 0 Å². The van der Waals surface area contributed by atoms with Crippen LogP contribution in [0.15, 0.2) is 16.7 Å². The van der Waals surface area contributed by atoms with E-state index < -0.39 is 12.0 Å². The lowest BCUT2D eigenvalue weighted by Gasteiger charge is -2.32. The molecule has 0 spiro atoms. The summed E-state index contributed by atoms with van der Waals surface area (Å²) in [5.41, 5.74) is 0.457. The number of carboxylic acids is 1. The van der Waals surface area contributed by atoms with Crippen LogP contribution in [0.25, 0.3) is 0 Å². The summed E-state index contributed by atoms with van der Waals surface area (Å²) in [5, 5.41) is 9.11. The van der Waals surface area contributed by atoms with E-state index in [0.717, 1.165) is 12.8 Å². The average Bonchev–Trinajstić information content (AvgIpc) is 2.74. The summed E-state index contributed by atoms with van der Waals surface area (Å²) in [5.74, 6) is -0.646. The van der Waals surface area contributed by atoms with Crippen molar-refractivity contribution in [1.29, 1.82) is 0 Å². The van der Waals surface area contributed by atoms with Crippen molar-refractivity contribution in [2.45, 2.75) is 32.2 Å². The molecule has 1 aliphatic heterocycles. The maximum absolute atomic E-state index is 12.2. The first-order valence-corrected chi connectivity index (χ1v) is 5.69. The van der Waals surface area contributed by atoms with Crippen LogP contribution in [0.3, 0.4) is 0 Å². The maximum atomic E-state index is 12.2. The molecule has 1 aromatic rings. The molecule has 17 heavy (non-hydrogen) atoms. The molecule has 1 aliphatic rings. The molecule has 0 saturated carbocycles. The zero-order valence-corrected chi connectivity index (χ0v) is 9.68. The van der Waals surface area contributed by atoms with Crippen molar-refractivity contribution in [2.75, 3.05) is 6.54 Å². The normalized spacial score (nSPS) is 20.3. The molecule has 1 amide bonds. The highest BCUT2D eigenvalue weighted by Crippen LogP contribution is 2.21. The smallest absolute Gasteiger partial charge is 0.326 e. The van der Waals surface area contributed by atoms with Gasteiger partial charge in [-0.25, -0.2) is 4.79 Å². The number of hydrogen-bond donors (Lipinski definition) is 1. The van der Waals surface area contributed by atoms with E-state index in [-0.39, 0.29) is 5.91 Å². The van der Waals surface area contributed by atoms with Crippen LogP contribution in [0.4, 0.5) is 0 Å². The molecule has 0 unspecified atom stereocenters. The van der Waals surface area contributed by atoms with Gasteiger partial charge in [0, 0.05) is 6.54 Å². The summed E-state index contributed by atoms with van der Waals surface area (Å²) in [6.45, 7) is 2.20. The summed E-state index contributed by atoms with van der Waals surface area (Å²) in [6, 6.07) is 0.885. The number of aliphatic carboxylic acids is 1. The van der Waals surface area contributed by atoms with Gasteiger partial charge in [-0.05, 0) is 32.3 Å². The Morgan fingerprint density at radius 1 is 1.47 bits per heavy atom. The third kappa shape index (κ3) is 2.18. The van der Waals surface area contributed by atoms with Gasteiger partial charge in [0.05, 0.1) is 11.8 Å². The van der Waals surface area contributed by atoms with Crippen molar-refractivity contribution >= 4 is 11.9 Å². The standard InChI is InChI=1S/C12H15NO4/c1-8-9(5-7-17-8)11(14)13-6-3-2-4-10(13)12(15)16/h5,7,10H,2-4,6H2,1H3,(H,15,16)/t10-/m0/s1. The summed E-state index contributed by atoms with van der Waals surface area (Å²) in [6.07, 6.45) is 3.68. The Hall–Kier alpha value is -1.78. The number of hydrogen-bond acceptors (Lipinski definition) is 3. The number of likely N-dealkylation sites (tertiary alicyclic amines) is 1. The Morgan fingerprint density at radius 3 is 2.82 bits per heavy atom. The highest BCUT2D eigenvalue weighted by atomic mass is 16.4. The minimum atomic E-state index is -0.931. The molecule has 0 aromatic carbocycles. The SMILES string of the molecule is Cc1occc1C(=O)N1CCCC[C@H]1C(=O)O. The van der Waals surface area contributed by atoms with Gasteiger partial charge in [-0.15, -0.1) is 0 Å². The van der Waals surface area contributed by atoms with E-state index in [9.17, 15) is 9.59 Å². The van der Waals surface area contributed by atoms with Crippen molar-refractivity contribution in [1.82, 2.24) is 4.90 Å². The van der Waals surface area contributed by atoms with Crippen molar-refractivity contribution in [3.05, 3.63) is 23.7 Å². The number of aryl methyl sites for hydroxylation is 1. The predicted molar refractivity (Wildman–Crippen MR) is 59.8 cm³/mol. The second kappa shape index (κ2) is 4.61. The number of furan rings is 1. The number of piperidine rings is 1. The van der Waals surface area contributed by atoms with Gasteiger partial charge in [0.25, 0.3) is 5.91 Å². The summed E-state index contributed by atoms with van der Waals surface area (Å²) >= 11 is 0. The molecule has 1 aromatic heterocycles. The summed E-state index contributed by atoms with van der Waals surface area (Å²) < 4.78 is 5.08.